The molecule has 0 radical (unpaired) electrons. The molecule has 208 valence electrons. The van der Waals surface area contributed by atoms with E-state index in [-0.39, 0.29) is 32.3 Å². The molecule has 0 aliphatic heterocycles. The summed E-state index contributed by atoms with van der Waals surface area (Å²) in [7, 11) is -6.65. The van der Waals surface area contributed by atoms with Crippen molar-refractivity contribution in [3.05, 3.63) is 107 Å². The van der Waals surface area contributed by atoms with Crippen LogP contribution in [0, 0.1) is 19.7 Å². The second-order valence-corrected chi connectivity index (χ2v) is 12.2. The number of benzene rings is 4. The zero-order valence-corrected chi connectivity index (χ0v) is 23.4. The lowest BCUT2D eigenvalue weighted by Gasteiger charge is -2.15. The Hall–Kier alpha value is -4.42. The molecule has 12 heteroatoms. The van der Waals surface area contributed by atoms with Crippen LogP contribution in [0.4, 0.5) is 21.5 Å². The molecule has 0 bridgehead atoms. The Kier molecular flexibility index (Phi) is 8.12. The highest BCUT2D eigenvalue weighted by Crippen LogP contribution is 2.27. The zero-order chi connectivity index (χ0) is 29.1. The normalized spacial score (nSPS) is 11.5. The number of ether oxygens (including phenoxy) is 1. The van der Waals surface area contributed by atoms with E-state index in [1.165, 1.54) is 38.3 Å². The van der Waals surface area contributed by atoms with Crippen LogP contribution in [0.15, 0.2) is 94.7 Å². The number of halogens is 1. The molecule has 0 saturated heterocycles. The zero-order valence-electron chi connectivity index (χ0n) is 21.7. The van der Waals surface area contributed by atoms with Crippen molar-refractivity contribution >= 4 is 43.0 Å². The maximum Gasteiger partial charge on any atom is 0.262 e. The summed E-state index contributed by atoms with van der Waals surface area (Å²) in [6.07, 6.45) is 0. The minimum Gasteiger partial charge on any atom is -0.497 e. The predicted octanol–water partition coefficient (Wildman–Crippen LogP) is 5.31. The number of hydrogen-bond acceptors (Lipinski definition) is 6. The van der Waals surface area contributed by atoms with Gasteiger partial charge in [0.25, 0.3) is 26.0 Å². The third-order valence-corrected chi connectivity index (χ3v) is 8.86. The Labute approximate surface area is 232 Å². The Balaban J connectivity index is 1.59. The fourth-order valence-corrected chi connectivity index (χ4v) is 6.24. The molecule has 0 spiro atoms. The van der Waals surface area contributed by atoms with Gasteiger partial charge in [0.2, 0.25) is 0 Å². The van der Waals surface area contributed by atoms with Gasteiger partial charge in [0.05, 0.1) is 28.2 Å². The minimum atomic E-state index is -4.15. The van der Waals surface area contributed by atoms with Gasteiger partial charge in [0.1, 0.15) is 11.6 Å². The van der Waals surface area contributed by atoms with Crippen LogP contribution in [0.3, 0.4) is 0 Å². The molecule has 0 aliphatic rings. The minimum absolute atomic E-state index is 0.00476. The van der Waals surface area contributed by atoms with E-state index in [1.807, 2.05) is 0 Å². The first kappa shape index (κ1) is 28.6. The van der Waals surface area contributed by atoms with E-state index in [0.717, 1.165) is 18.2 Å². The summed E-state index contributed by atoms with van der Waals surface area (Å²) in [5, 5.41) is 2.67. The van der Waals surface area contributed by atoms with Gasteiger partial charge in [-0.1, -0.05) is 18.2 Å². The molecule has 3 N–H and O–H groups in total. The summed E-state index contributed by atoms with van der Waals surface area (Å²) < 4.78 is 75.5. The molecule has 0 saturated carbocycles. The van der Waals surface area contributed by atoms with Gasteiger partial charge in [0, 0.05) is 11.4 Å². The quantitative estimate of drug-likeness (QED) is 0.245. The van der Waals surface area contributed by atoms with E-state index >= 15 is 0 Å². The Bertz CT molecular complexity index is 1790. The average Bonchev–Trinajstić information content (AvgIpc) is 2.90. The molecule has 4 rings (SSSR count). The van der Waals surface area contributed by atoms with Gasteiger partial charge in [0.15, 0.2) is 0 Å². The maximum atomic E-state index is 13.5. The van der Waals surface area contributed by atoms with Gasteiger partial charge in [-0.2, -0.15) is 0 Å². The van der Waals surface area contributed by atoms with Crippen molar-refractivity contribution in [2.45, 2.75) is 23.6 Å². The molecular weight excluding hydrogens is 557 g/mol. The van der Waals surface area contributed by atoms with Crippen LogP contribution in [-0.4, -0.2) is 29.9 Å². The molecule has 9 nitrogen and oxygen atoms in total. The number of aryl methyl sites for hydroxylation is 2. The summed E-state index contributed by atoms with van der Waals surface area (Å²) in [5.74, 6) is -0.677. The molecule has 0 aromatic heterocycles. The Morgan fingerprint density at radius 3 is 2.12 bits per heavy atom. The highest BCUT2D eigenvalue weighted by atomic mass is 32.2. The van der Waals surface area contributed by atoms with Gasteiger partial charge in [-0.25, -0.2) is 21.2 Å². The molecule has 40 heavy (non-hydrogen) atoms. The molecule has 0 fully saturated rings. The first-order chi connectivity index (χ1) is 18.9. The summed E-state index contributed by atoms with van der Waals surface area (Å²) >= 11 is 0. The monoisotopic (exact) mass is 583 g/mol. The van der Waals surface area contributed by atoms with E-state index in [9.17, 15) is 26.0 Å². The fourth-order valence-electron chi connectivity index (χ4n) is 3.85. The lowest BCUT2D eigenvalue weighted by atomic mass is 10.1. The molecule has 4 aromatic rings. The van der Waals surface area contributed by atoms with Crippen LogP contribution in [0.2, 0.25) is 0 Å². The second-order valence-electron chi connectivity index (χ2n) is 8.83. The number of sulfonamides is 2. The standard InChI is InChI=1S/C28H26FN3O6S2/c1-18-8-14-23(39(34,35)31-21-10-12-22(38-3)13-11-21)17-26(18)30-28(33)24-6-4-5-7-25(24)32-40(36,37)27-15-9-20(29)16-19(27)2/h4-17,31-32H,1-3H3,(H,30,33). The lowest BCUT2D eigenvalue weighted by Crippen LogP contribution is -2.20. The average molecular weight is 584 g/mol. The van der Waals surface area contributed by atoms with Crippen LogP contribution in [0.1, 0.15) is 21.5 Å². The van der Waals surface area contributed by atoms with Crippen LogP contribution in [-0.2, 0) is 20.0 Å². The van der Waals surface area contributed by atoms with Crippen molar-refractivity contribution in [2.75, 3.05) is 21.9 Å². The number of hydrogen-bond donors (Lipinski definition) is 3. The summed E-state index contributed by atoms with van der Waals surface area (Å²) in [6.45, 7) is 3.15. The van der Waals surface area contributed by atoms with Crippen LogP contribution < -0.4 is 19.5 Å². The van der Waals surface area contributed by atoms with Gasteiger partial charge in [-0.3, -0.25) is 14.2 Å². The number of amides is 1. The van der Waals surface area contributed by atoms with Crippen molar-refractivity contribution in [2.24, 2.45) is 0 Å². The van der Waals surface area contributed by atoms with Gasteiger partial charge in [-0.05, 0) is 91.7 Å². The topological polar surface area (TPSA) is 131 Å². The third-order valence-electron chi connectivity index (χ3n) is 5.95. The number of nitrogens with one attached hydrogen (secondary N) is 3. The number of carbonyl (C=O) groups is 1. The molecule has 0 unspecified atom stereocenters. The number of rotatable bonds is 9. The highest BCUT2D eigenvalue weighted by molar-refractivity contribution is 7.93. The Morgan fingerprint density at radius 2 is 1.45 bits per heavy atom. The van der Waals surface area contributed by atoms with Crippen LogP contribution >= 0.6 is 0 Å². The lowest BCUT2D eigenvalue weighted by molar-refractivity contribution is 0.102. The van der Waals surface area contributed by atoms with Crippen molar-refractivity contribution < 1.29 is 30.8 Å². The van der Waals surface area contributed by atoms with Gasteiger partial charge >= 0.3 is 0 Å². The second kappa shape index (κ2) is 11.4. The first-order valence-corrected chi connectivity index (χ1v) is 14.8. The summed E-state index contributed by atoms with van der Waals surface area (Å²) in [6, 6.07) is 19.8. The highest BCUT2D eigenvalue weighted by Gasteiger charge is 2.22. The van der Waals surface area contributed by atoms with E-state index in [1.54, 1.807) is 49.4 Å². The first-order valence-electron chi connectivity index (χ1n) is 11.9. The van der Waals surface area contributed by atoms with E-state index in [2.05, 4.69) is 14.8 Å². The van der Waals surface area contributed by atoms with E-state index in [0.29, 0.717) is 17.0 Å². The van der Waals surface area contributed by atoms with E-state index < -0.39 is 31.8 Å². The van der Waals surface area contributed by atoms with Crippen LogP contribution in [0.5, 0.6) is 5.75 Å². The van der Waals surface area contributed by atoms with Crippen molar-refractivity contribution in [1.82, 2.24) is 0 Å². The SMILES string of the molecule is COc1ccc(NS(=O)(=O)c2ccc(C)c(NC(=O)c3ccccc3NS(=O)(=O)c3ccc(F)cc3C)c2)cc1. The molecular formula is C28H26FN3O6S2. The molecule has 4 aromatic carbocycles. The van der Waals surface area contributed by atoms with Crippen molar-refractivity contribution in [3.8, 4) is 5.75 Å². The Morgan fingerprint density at radius 1 is 0.750 bits per heavy atom. The molecule has 0 heterocycles. The molecule has 0 atom stereocenters. The number of para-hydroxylation sites is 1. The summed E-state index contributed by atoms with van der Waals surface area (Å²) in [4.78, 5) is 13.0. The van der Waals surface area contributed by atoms with Crippen molar-refractivity contribution in [3.63, 3.8) is 0 Å². The smallest absolute Gasteiger partial charge is 0.262 e. The molecule has 1 amide bonds. The van der Waals surface area contributed by atoms with E-state index in [4.69, 9.17) is 4.74 Å². The fraction of sp³-hybridized carbons (Fsp3) is 0.107. The maximum absolute atomic E-state index is 13.5. The summed E-state index contributed by atoms with van der Waals surface area (Å²) in [5.41, 5.74) is 1.31. The largest absolute Gasteiger partial charge is 0.497 e. The molecule has 0 aliphatic carbocycles. The van der Waals surface area contributed by atoms with Gasteiger partial charge < -0.3 is 10.1 Å². The van der Waals surface area contributed by atoms with Crippen molar-refractivity contribution in [1.29, 1.82) is 0 Å². The van der Waals surface area contributed by atoms with Gasteiger partial charge in [-0.15, -0.1) is 0 Å². The number of anilines is 3. The third kappa shape index (κ3) is 6.41. The number of methoxy groups -OCH3 is 1. The number of carbonyl (C=O) groups excluding carboxylic acids is 1. The predicted molar refractivity (Wildman–Crippen MR) is 151 cm³/mol. The van der Waals surface area contributed by atoms with Crippen LogP contribution in [0.25, 0.3) is 0 Å².